The number of alkyl halides is 3. The van der Waals surface area contributed by atoms with Gasteiger partial charge in [0.1, 0.15) is 5.82 Å². The predicted molar refractivity (Wildman–Crippen MR) is 156 cm³/mol. The zero-order valence-corrected chi connectivity index (χ0v) is 23.7. The summed E-state index contributed by atoms with van der Waals surface area (Å²) in [4.78, 5) is 16.6. The van der Waals surface area contributed by atoms with Gasteiger partial charge in [-0.25, -0.2) is 18.7 Å². The summed E-state index contributed by atoms with van der Waals surface area (Å²) in [6, 6.07) is 13.1. The van der Waals surface area contributed by atoms with E-state index in [1.54, 1.807) is 0 Å². The van der Waals surface area contributed by atoms with E-state index in [0.717, 1.165) is 86.5 Å². The highest BCUT2D eigenvalue weighted by Gasteiger charge is 2.38. The minimum atomic E-state index is -2.26. The Labute approximate surface area is 231 Å². The van der Waals surface area contributed by atoms with Crippen LogP contribution in [-0.4, -0.2) is 74.3 Å². The van der Waals surface area contributed by atoms with Crippen LogP contribution in [0.2, 0.25) is 0 Å². The van der Waals surface area contributed by atoms with Crippen LogP contribution in [0.5, 0.6) is 0 Å². The van der Waals surface area contributed by atoms with Crippen LogP contribution in [0.15, 0.2) is 42.6 Å². The number of anilines is 2. The van der Waals surface area contributed by atoms with Gasteiger partial charge in [-0.1, -0.05) is 26.0 Å². The maximum Gasteiger partial charge on any atom is 0.251 e. The highest BCUT2D eigenvalue weighted by atomic mass is 19.3. The summed E-state index contributed by atoms with van der Waals surface area (Å²) in [7, 11) is 0.500. The molecule has 2 atom stereocenters. The minimum absolute atomic E-state index is 0.109. The van der Waals surface area contributed by atoms with Crippen LogP contribution < -0.4 is 9.80 Å². The number of aryl methyl sites for hydroxylation is 1. The van der Waals surface area contributed by atoms with Crippen molar-refractivity contribution in [3.63, 3.8) is 0 Å². The molecule has 2 unspecified atom stereocenters. The summed E-state index contributed by atoms with van der Waals surface area (Å²) in [5.41, 5.74) is 5.42. The third kappa shape index (κ3) is 6.65. The Balaban J connectivity index is 0.00000172. The first kappa shape index (κ1) is 29.1. The molecule has 2 fully saturated rings. The number of halogens is 3. The average Bonchev–Trinajstić information content (AvgIpc) is 3.39. The van der Waals surface area contributed by atoms with Gasteiger partial charge in [-0.3, -0.25) is 9.29 Å². The minimum Gasteiger partial charge on any atom is -0.370 e. The lowest BCUT2D eigenvalue weighted by Crippen LogP contribution is -2.42. The number of fused-ring (bicyclic) bond motifs is 2. The van der Waals surface area contributed by atoms with Gasteiger partial charge in [-0.15, -0.1) is 0 Å². The molecule has 2 aromatic heterocycles. The lowest BCUT2D eigenvalue weighted by Gasteiger charge is -2.33. The fourth-order valence-electron chi connectivity index (χ4n) is 6.12. The Morgan fingerprint density at radius 3 is 2.46 bits per heavy atom. The monoisotopic (exact) mass is 541 g/mol. The van der Waals surface area contributed by atoms with E-state index < -0.39 is 6.43 Å². The van der Waals surface area contributed by atoms with Crippen molar-refractivity contribution in [3.05, 3.63) is 48.2 Å². The van der Waals surface area contributed by atoms with Crippen molar-refractivity contribution < 1.29 is 13.2 Å². The van der Waals surface area contributed by atoms with Crippen molar-refractivity contribution in [1.29, 1.82) is 0 Å². The van der Waals surface area contributed by atoms with Crippen molar-refractivity contribution >= 4 is 22.4 Å². The number of rotatable bonds is 9. The van der Waals surface area contributed by atoms with E-state index in [2.05, 4.69) is 67.0 Å². The number of aromatic nitrogens is 2. The number of likely N-dealkylation sites (tertiary alicyclic amines) is 1. The Bertz CT molecular complexity index is 1200. The Hall–Kier alpha value is -2.87. The molecule has 0 N–H and O–H groups in total. The first-order chi connectivity index (χ1) is 19.0. The van der Waals surface area contributed by atoms with Crippen LogP contribution in [0.25, 0.3) is 22.2 Å². The smallest absolute Gasteiger partial charge is 0.251 e. The molecule has 2 aliphatic rings. The molecule has 39 heavy (non-hydrogen) atoms. The standard InChI is InChI=1S/C30H39F2N5.CH3F/c1-4-12-36(6-3)30-10-8-22(16-33-30)26-15-28(25-9-7-21(5-2)14-27(25)34-26)37-18-23-11-13-35(20-29(31)32)17-24(23)19-37;1-2/h7-10,14-16,23-24,29H,4-6,11-13,17-20H2,1-3H3;1H3. The number of benzene rings is 1. The Morgan fingerprint density at radius 1 is 1.00 bits per heavy atom. The van der Waals surface area contributed by atoms with E-state index in [-0.39, 0.29) is 6.54 Å². The van der Waals surface area contributed by atoms with Gasteiger partial charge in [0, 0.05) is 55.6 Å². The van der Waals surface area contributed by atoms with Gasteiger partial charge in [0.25, 0.3) is 6.43 Å². The van der Waals surface area contributed by atoms with E-state index in [1.165, 1.54) is 11.3 Å². The van der Waals surface area contributed by atoms with Gasteiger partial charge >= 0.3 is 0 Å². The molecule has 0 spiro atoms. The molecule has 1 aromatic carbocycles. The molecule has 0 radical (unpaired) electrons. The molecular weight excluding hydrogens is 499 g/mol. The van der Waals surface area contributed by atoms with E-state index in [0.29, 0.717) is 19.0 Å². The van der Waals surface area contributed by atoms with Crippen molar-refractivity contribution in [2.24, 2.45) is 11.8 Å². The van der Waals surface area contributed by atoms with Gasteiger partial charge in [0.2, 0.25) is 0 Å². The van der Waals surface area contributed by atoms with Crippen molar-refractivity contribution in [3.8, 4) is 11.3 Å². The molecule has 4 heterocycles. The summed E-state index contributed by atoms with van der Waals surface area (Å²) >= 11 is 0. The van der Waals surface area contributed by atoms with Gasteiger partial charge in [-0.05, 0) is 74.4 Å². The zero-order chi connectivity index (χ0) is 27.9. The van der Waals surface area contributed by atoms with Crippen LogP contribution in [0.3, 0.4) is 0 Å². The lowest BCUT2D eigenvalue weighted by atomic mass is 9.89. The van der Waals surface area contributed by atoms with Crippen LogP contribution >= 0.6 is 0 Å². The van der Waals surface area contributed by atoms with Crippen molar-refractivity contribution in [2.45, 2.75) is 46.5 Å². The average molecular weight is 542 g/mol. The SMILES string of the molecule is CCCN(CC)c1ccc(-c2cc(N3CC4CCN(CC(F)F)CC4C3)c3ccc(CC)cc3n2)cn1.CF. The normalized spacial score (nSPS) is 19.2. The summed E-state index contributed by atoms with van der Waals surface area (Å²) in [5, 5.41) is 1.16. The van der Waals surface area contributed by atoms with Crippen LogP contribution in [0.1, 0.15) is 39.2 Å². The van der Waals surface area contributed by atoms with Gasteiger partial charge in [0.15, 0.2) is 0 Å². The van der Waals surface area contributed by atoms with Crippen LogP contribution in [0, 0.1) is 11.8 Å². The van der Waals surface area contributed by atoms with E-state index in [9.17, 15) is 13.2 Å². The molecular formula is C31H42F3N5. The number of nitrogens with zero attached hydrogens (tertiary/aromatic N) is 5. The maximum absolute atomic E-state index is 13.0. The molecule has 0 aliphatic carbocycles. The van der Waals surface area contributed by atoms with Crippen molar-refractivity contribution in [1.82, 2.24) is 14.9 Å². The quantitative estimate of drug-likeness (QED) is 0.301. The topological polar surface area (TPSA) is 35.5 Å². The van der Waals surface area contributed by atoms with Gasteiger partial charge < -0.3 is 9.80 Å². The Kier molecular flexibility index (Phi) is 10.1. The molecule has 0 amide bonds. The molecule has 212 valence electrons. The third-order valence-corrected chi connectivity index (χ3v) is 8.13. The van der Waals surface area contributed by atoms with Crippen molar-refractivity contribution in [2.75, 3.05) is 62.8 Å². The second kappa shape index (κ2) is 13.5. The van der Waals surface area contributed by atoms with Crippen LogP contribution in [-0.2, 0) is 6.42 Å². The lowest BCUT2D eigenvalue weighted by molar-refractivity contribution is 0.0571. The second-order valence-corrected chi connectivity index (χ2v) is 10.6. The summed E-state index contributed by atoms with van der Waals surface area (Å²) < 4.78 is 35.5. The molecule has 2 aliphatic heterocycles. The van der Waals surface area contributed by atoms with Crippen LogP contribution in [0.4, 0.5) is 24.7 Å². The molecule has 0 saturated carbocycles. The first-order valence-corrected chi connectivity index (χ1v) is 14.3. The highest BCUT2D eigenvalue weighted by Crippen LogP contribution is 2.39. The zero-order valence-electron chi connectivity index (χ0n) is 23.7. The summed E-state index contributed by atoms with van der Waals surface area (Å²) in [5.74, 6) is 1.98. The van der Waals surface area contributed by atoms with E-state index in [4.69, 9.17) is 9.97 Å². The molecule has 8 heteroatoms. The van der Waals surface area contributed by atoms with E-state index in [1.807, 2.05) is 11.1 Å². The largest absolute Gasteiger partial charge is 0.370 e. The fourth-order valence-corrected chi connectivity index (χ4v) is 6.12. The number of piperidine rings is 1. The number of hydrogen-bond acceptors (Lipinski definition) is 5. The highest BCUT2D eigenvalue weighted by molar-refractivity contribution is 5.94. The van der Waals surface area contributed by atoms with Gasteiger partial charge in [0.05, 0.1) is 24.9 Å². The van der Waals surface area contributed by atoms with E-state index >= 15 is 0 Å². The number of hydrogen-bond donors (Lipinski definition) is 0. The molecule has 5 rings (SSSR count). The summed E-state index contributed by atoms with van der Waals surface area (Å²) in [6.07, 6.45) is 2.72. The maximum atomic E-state index is 13.0. The van der Waals surface area contributed by atoms with Gasteiger partial charge in [-0.2, -0.15) is 0 Å². The molecule has 3 aromatic rings. The second-order valence-electron chi connectivity index (χ2n) is 10.6. The molecule has 5 nitrogen and oxygen atoms in total. The fraction of sp³-hybridized carbons (Fsp3) is 0.548. The first-order valence-electron chi connectivity index (χ1n) is 14.3. The molecule has 2 saturated heterocycles. The molecule has 0 bridgehead atoms. The number of pyridine rings is 2. The summed E-state index contributed by atoms with van der Waals surface area (Å²) in [6.45, 7) is 11.7. The third-order valence-electron chi connectivity index (χ3n) is 8.13. The Morgan fingerprint density at radius 2 is 1.79 bits per heavy atom. The predicted octanol–water partition coefficient (Wildman–Crippen LogP) is 6.70.